The summed E-state index contributed by atoms with van der Waals surface area (Å²) >= 11 is 0. The topological polar surface area (TPSA) is 107 Å². The number of hydrogen-bond donors (Lipinski definition) is 1. The lowest BCUT2D eigenvalue weighted by atomic mass is 10.2. The second-order valence-corrected chi connectivity index (χ2v) is 5.73. The first-order valence-corrected chi connectivity index (χ1v) is 8.05. The molecule has 3 heterocycles. The highest BCUT2D eigenvalue weighted by atomic mass is 16.4. The third kappa shape index (κ3) is 3.40. The Kier molecular flexibility index (Phi) is 4.13. The van der Waals surface area contributed by atoms with E-state index in [1.807, 2.05) is 0 Å². The van der Waals surface area contributed by atoms with Gasteiger partial charge in [0.2, 0.25) is 5.91 Å². The lowest BCUT2D eigenvalue weighted by Gasteiger charge is -2.07. The predicted octanol–water partition coefficient (Wildman–Crippen LogP) is 2.25. The van der Waals surface area contributed by atoms with Gasteiger partial charge in [0.1, 0.15) is 23.5 Å². The van der Waals surface area contributed by atoms with E-state index >= 15 is 0 Å². The summed E-state index contributed by atoms with van der Waals surface area (Å²) in [5.41, 5.74) is -0.297. The van der Waals surface area contributed by atoms with Crippen molar-refractivity contribution < 1.29 is 13.6 Å². The second-order valence-electron chi connectivity index (χ2n) is 5.73. The van der Waals surface area contributed by atoms with E-state index in [0.29, 0.717) is 22.4 Å². The van der Waals surface area contributed by atoms with Crippen LogP contribution in [0.2, 0.25) is 0 Å². The molecule has 0 radical (unpaired) electrons. The minimum atomic E-state index is -0.674. The Hall–Kier alpha value is -3.94. The van der Waals surface area contributed by atoms with Gasteiger partial charge in [0.15, 0.2) is 5.76 Å². The Labute approximate surface area is 151 Å². The van der Waals surface area contributed by atoms with Gasteiger partial charge in [-0.25, -0.2) is 9.48 Å². The van der Waals surface area contributed by atoms with Gasteiger partial charge in [-0.3, -0.25) is 9.59 Å². The molecule has 0 atom stereocenters. The highest BCUT2D eigenvalue weighted by molar-refractivity contribution is 5.92. The molecule has 134 valence electrons. The van der Waals surface area contributed by atoms with E-state index in [1.165, 1.54) is 24.5 Å². The number of para-hydroxylation sites is 1. The van der Waals surface area contributed by atoms with Crippen molar-refractivity contribution >= 4 is 22.6 Å². The first-order chi connectivity index (χ1) is 13.1. The molecule has 0 aliphatic heterocycles. The summed E-state index contributed by atoms with van der Waals surface area (Å²) in [4.78, 5) is 36.3. The monoisotopic (exact) mass is 363 g/mol. The van der Waals surface area contributed by atoms with E-state index in [2.05, 4.69) is 10.4 Å². The molecule has 0 aliphatic rings. The number of nitrogens with zero attached hydrogens (tertiary/aromatic N) is 2. The number of aromatic nitrogens is 2. The molecular weight excluding hydrogens is 350 g/mol. The number of nitrogens with one attached hydrogen (secondary N) is 1. The molecule has 8 nitrogen and oxygen atoms in total. The van der Waals surface area contributed by atoms with Crippen molar-refractivity contribution in [1.82, 2.24) is 9.78 Å². The van der Waals surface area contributed by atoms with Gasteiger partial charge in [-0.1, -0.05) is 18.2 Å². The Balaban J connectivity index is 1.58. The van der Waals surface area contributed by atoms with Gasteiger partial charge >= 0.3 is 5.63 Å². The van der Waals surface area contributed by atoms with Gasteiger partial charge in [0.25, 0.3) is 5.56 Å². The fraction of sp³-hybridized carbons (Fsp3) is 0.0526. The molecule has 3 aromatic heterocycles. The standard InChI is InChI=1S/C19H13N3O5/c23-17(20-14-10-12-4-1-2-5-15(12)27-19(14)25)11-22-18(24)8-7-13(21-22)16-6-3-9-26-16/h1-10H,11H2,(H,20,23). The van der Waals surface area contributed by atoms with Crippen LogP contribution < -0.4 is 16.5 Å². The maximum atomic E-state index is 12.3. The van der Waals surface area contributed by atoms with Crippen molar-refractivity contribution in [3.63, 3.8) is 0 Å². The molecule has 0 saturated heterocycles. The highest BCUT2D eigenvalue weighted by Gasteiger charge is 2.12. The molecule has 4 aromatic rings. The number of carbonyl (C=O) groups excluding carboxylic acids is 1. The van der Waals surface area contributed by atoms with E-state index < -0.39 is 17.1 Å². The zero-order valence-corrected chi connectivity index (χ0v) is 13.9. The van der Waals surface area contributed by atoms with E-state index in [4.69, 9.17) is 8.83 Å². The van der Waals surface area contributed by atoms with Crippen LogP contribution >= 0.6 is 0 Å². The Morgan fingerprint density at radius 3 is 2.74 bits per heavy atom. The quantitative estimate of drug-likeness (QED) is 0.557. The van der Waals surface area contributed by atoms with Crippen LogP contribution in [0.5, 0.6) is 0 Å². The normalized spacial score (nSPS) is 10.8. The van der Waals surface area contributed by atoms with Crippen molar-refractivity contribution in [3.05, 3.63) is 81.6 Å². The number of anilines is 1. The van der Waals surface area contributed by atoms with Gasteiger partial charge in [-0.05, 0) is 30.3 Å². The number of amides is 1. The maximum Gasteiger partial charge on any atom is 0.360 e. The summed E-state index contributed by atoms with van der Waals surface area (Å²) < 4.78 is 11.4. The molecular formula is C19H13N3O5. The molecule has 0 saturated carbocycles. The molecule has 27 heavy (non-hydrogen) atoms. The maximum absolute atomic E-state index is 12.3. The van der Waals surface area contributed by atoms with Crippen molar-refractivity contribution in [2.45, 2.75) is 6.54 Å². The van der Waals surface area contributed by atoms with Crippen LogP contribution in [-0.2, 0) is 11.3 Å². The molecule has 0 spiro atoms. The number of rotatable bonds is 4. The first kappa shape index (κ1) is 16.5. The average Bonchev–Trinajstić information content (AvgIpc) is 3.19. The first-order valence-electron chi connectivity index (χ1n) is 8.05. The third-order valence-electron chi connectivity index (χ3n) is 3.85. The number of benzene rings is 1. The molecule has 0 unspecified atom stereocenters. The van der Waals surface area contributed by atoms with Crippen molar-refractivity contribution in [3.8, 4) is 11.5 Å². The van der Waals surface area contributed by atoms with Gasteiger partial charge in [-0.15, -0.1) is 0 Å². The van der Waals surface area contributed by atoms with Gasteiger partial charge in [0, 0.05) is 11.5 Å². The molecule has 8 heteroatoms. The van der Waals surface area contributed by atoms with Gasteiger partial charge < -0.3 is 14.2 Å². The van der Waals surface area contributed by atoms with Crippen LogP contribution in [0.1, 0.15) is 0 Å². The number of carbonyl (C=O) groups is 1. The number of fused-ring (bicyclic) bond motifs is 1. The highest BCUT2D eigenvalue weighted by Crippen LogP contribution is 2.16. The Morgan fingerprint density at radius 2 is 1.93 bits per heavy atom. The van der Waals surface area contributed by atoms with Crippen LogP contribution in [0.25, 0.3) is 22.4 Å². The van der Waals surface area contributed by atoms with Crippen LogP contribution in [0.4, 0.5) is 5.69 Å². The van der Waals surface area contributed by atoms with Crippen molar-refractivity contribution in [2.75, 3.05) is 5.32 Å². The fourth-order valence-corrected chi connectivity index (χ4v) is 2.59. The Bertz CT molecular complexity index is 1240. The lowest BCUT2D eigenvalue weighted by Crippen LogP contribution is -2.30. The third-order valence-corrected chi connectivity index (χ3v) is 3.85. The van der Waals surface area contributed by atoms with E-state index in [-0.39, 0.29) is 12.2 Å². The molecule has 0 bridgehead atoms. The molecule has 1 N–H and O–H groups in total. The minimum Gasteiger partial charge on any atom is -0.463 e. The lowest BCUT2D eigenvalue weighted by molar-refractivity contribution is -0.117. The summed E-state index contributed by atoms with van der Waals surface area (Å²) in [6.07, 6.45) is 1.48. The number of hydrogen-bond acceptors (Lipinski definition) is 6. The second kappa shape index (κ2) is 6.75. The van der Waals surface area contributed by atoms with Gasteiger partial charge in [0.05, 0.1) is 6.26 Å². The largest absolute Gasteiger partial charge is 0.463 e. The summed E-state index contributed by atoms with van der Waals surface area (Å²) in [7, 11) is 0. The zero-order valence-electron chi connectivity index (χ0n) is 13.9. The molecule has 0 fully saturated rings. The van der Waals surface area contributed by atoms with E-state index in [9.17, 15) is 14.4 Å². The summed E-state index contributed by atoms with van der Waals surface area (Å²) in [6.45, 7) is -0.361. The van der Waals surface area contributed by atoms with Crippen LogP contribution in [0.3, 0.4) is 0 Å². The predicted molar refractivity (Wildman–Crippen MR) is 97.3 cm³/mol. The van der Waals surface area contributed by atoms with Crippen molar-refractivity contribution in [1.29, 1.82) is 0 Å². The van der Waals surface area contributed by atoms with E-state index in [0.717, 1.165) is 4.68 Å². The summed E-state index contributed by atoms with van der Waals surface area (Å²) in [6, 6.07) is 14.7. The van der Waals surface area contributed by atoms with E-state index in [1.54, 1.807) is 36.4 Å². The zero-order chi connectivity index (χ0) is 18.8. The Morgan fingerprint density at radius 1 is 1.07 bits per heavy atom. The molecule has 1 amide bonds. The fourth-order valence-electron chi connectivity index (χ4n) is 2.59. The molecule has 0 aliphatic carbocycles. The summed E-state index contributed by atoms with van der Waals surface area (Å²) in [5, 5.41) is 7.25. The number of furan rings is 1. The average molecular weight is 363 g/mol. The summed E-state index contributed by atoms with van der Waals surface area (Å²) in [5.74, 6) is -0.108. The molecule has 1 aromatic carbocycles. The van der Waals surface area contributed by atoms with Crippen molar-refractivity contribution in [2.24, 2.45) is 0 Å². The van der Waals surface area contributed by atoms with Gasteiger partial charge in [-0.2, -0.15) is 5.10 Å². The minimum absolute atomic E-state index is 0.00561. The SMILES string of the molecule is O=C(Cn1nc(-c2ccco2)ccc1=O)Nc1cc2ccccc2oc1=O. The van der Waals surface area contributed by atoms with Crippen LogP contribution in [0.15, 0.2) is 79.3 Å². The van der Waals surface area contributed by atoms with Crippen LogP contribution in [-0.4, -0.2) is 15.7 Å². The van der Waals surface area contributed by atoms with Crippen LogP contribution in [0, 0.1) is 0 Å². The molecule has 4 rings (SSSR count). The smallest absolute Gasteiger partial charge is 0.360 e.